The van der Waals surface area contributed by atoms with Gasteiger partial charge in [0.25, 0.3) is 5.91 Å². The predicted molar refractivity (Wildman–Crippen MR) is 99.7 cm³/mol. The monoisotopic (exact) mass is 375 g/mol. The van der Waals surface area contributed by atoms with Gasteiger partial charge in [0.15, 0.2) is 0 Å². The molecule has 4 fully saturated rings. The summed E-state index contributed by atoms with van der Waals surface area (Å²) < 4.78 is 5.90. The Balaban J connectivity index is 1.60. The van der Waals surface area contributed by atoms with Gasteiger partial charge in [0.2, 0.25) is 6.10 Å². The summed E-state index contributed by atoms with van der Waals surface area (Å²) in [5.41, 5.74) is 0.204. The molecule has 0 spiro atoms. The molecular weight excluding hydrogens is 350 g/mol. The van der Waals surface area contributed by atoms with Crippen LogP contribution in [0.5, 0.6) is 0 Å². The van der Waals surface area contributed by atoms with Crippen LogP contribution in [-0.4, -0.2) is 35.7 Å². The fourth-order valence-corrected chi connectivity index (χ4v) is 6.44. The van der Waals surface area contributed by atoms with Gasteiger partial charge in [-0.2, -0.15) is 0 Å². The van der Waals surface area contributed by atoms with Crippen LogP contribution in [0, 0.1) is 17.3 Å². The van der Waals surface area contributed by atoms with Crippen LogP contribution in [0.15, 0.2) is 30.3 Å². The van der Waals surface area contributed by atoms with Crippen molar-refractivity contribution in [2.75, 3.05) is 14.1 Å². The molecule has 4 nitrogen and oxygen atoms in total. The highest BCUT2D eigenvalue weighted by molar-refractivity contribution is 6.24. The molecule has 4 aliphatic rings. The van der Waals surface area contributed by atoms with E-state index < -0.39 is 11.5 Å². The number of amides is 1. The number of carbonyl (C=O) groups excluding carboxylic acids is 2. The van der Waals surface area contributed by atoms with Gasteiger partial charge < -0.3 is 9.64 Å². The molecule has 0 N–H and O–H groups in total. The third-order valence-corrected chi connectivity index (χ3v) is 6.86. The van der Waals surface area contributed by atoms with Crippen molar-refractivity contribution < 1.29 is 14.3 Å². The minimum Gasteiger partial charge on any atom is -0.447 e. The van der Waals surface area contributed by atoms with Crippen molar-refractivity contribution in [3.63, 3.8) is 0 Å². The molecule has 0 radical (unpaired) electrons. The number of nitrogens with zero attached hydrogens (tertiary/aromatic N) is 1. The summed E-state index contributed by atoms with van der Waals surface area (Å²) in [6, 6.07) is 9.28. The van der Waals surface area contributed by atoms with Gasteiger partial charge in [0.05, 0.1) is 5.41 Å². The van der Waals surface area contributed by atoms with E-state index >= 15 is 0 Å². The Morgan fingerprint density at radius 2 is 1.73 bits per heavy atom. The van der Waals surface area contributed by atoms with Gasteiger partial charge in [0.1, 0.15) is 0 Å². The molecule has 4 aliphatic carbocycles. The largest absolute Gasteiger partial charge is 0.447 e. The molecule has 26 heavy (non-hydrogen) atoms. The van der Waals surface area contributed by atoms with E-state index in [1.807, 2.05) is 30.3 Å². The third kappa shape index (κ3) is 3.02. The molecule has 1 aromatic carbocycles. The van der Waals surface area contributed by atoms with E-state index in [9.17, 15) is 9.59 Å². The van der Waals surface area contributed by atoms with Crippen molar-refractivity contribution in [2.24, 2.45) is 17.3 Å². The molecule has 0 heterocycles. The van der Waals surface area contributed by atoms with Gasteiger partial charge in [-0.05, 0) is 50.4 Å². The van der Waals surface area contributed by atoms with Gasteiger partial charge >= 0.3 is 5.97 Å². The van der Waals surface area contributed by atoms with Gasteiger partial charge in [0, 0.05) is 24.5 Å². The molecule has 0 saturated heterocycles. The van der Waals surface area contributed by atoms with E-state index in [2.05, 4.69) is 0 Å². The molecule has 5 rings (SSSR count). The first kappa shape index (κ1) is 17.8. The molecule has 140 valence electrons. The van der Waals surface area contributed by atoms with Crippen molar-refractivity contribution in [3.8, 4) is 0 Å². The summed E-state index contributed by atoms with van der Waals surface area (Å²) in [5.74, 6) is 0.581. The molecule has 1 aromatic rings. The number of hydrogen-bond acceptors (Lipinski definition) is 3. The van der Waals surface area contributed by atoms with E-state index in [1.54, 1.807) is 14.1 Å². The average molecular weight is 376 g/mol. The summed E-state index contributed by atoms with van der Waals surface area (Å²) in [6.45, 7) is 0. The van der Waals surface area contributed by atoms with E-state index in [-0.39, 0.29) is 16.8 Å². The lowest BCUT2D eigenvalue weighted by Gasteiger charge is -2.58. The number of likely N-dealkylation sites (N-methyl/N-ethyl adjacent to an activating group) is 1. The highest BCUT2D eigenvalue weighted by Gasteiger charge is 2.61. The summed E-state index contributed by atoms with van der Waals surface area (Å²) in [7, 11) is 3.37. The second kappa shape index (κ2) is 6.26. The number of ether oxygens (including phenoxy) is 1. The Labute approximate surface area is 159 Å². The van der Waals surface area contributed by atoms with Crippen LogP contribution < -0.4 is 0 Å². The zero-order valence-corrected chi connectivity index (χ0v) is 16.2. The molecule has 3 atom stereocenters. The summed E-state index contributed by atoms with van der Waals surface area (Å²) in [4.78, 5) is 27.2. The highest BCUT2D eigenvalue weighted by Crippen LogP contribution is 2.64. The first-order chi connectivity index (χ1) is 12.3. The van der Waals surface area contributed by atoms with E-state index in [0.717, 1.165) is 25.7 Å². The number of halogens is 1. The maximum atomic E-state index is 13.3. The van der Waals surface area contributed by atoms with E-state index in [1.165, 1.54) is 11.3 Å². The fraction of sp³-hybridized carbons (Fsp3) is 0.619. The van der Waals surface area contributed by atoms with E-state index in [0.29, 0.717) is 23.8 Å². The third-order valence-electron chi connectivity index (χ3n) is 6.41. The van der Waals surface area contributed by atoms with Gasteiger partial charge in [-0.3, -0.25) is 9.59 Å². The van der Waals surface area contributed by atoms with Crippen LogP contribution in [0.4, 0.5) is 0 Å². The lowest BCUT2D eigenvalue weighted by molar-refractivity contribution is -0.180. The minimum absolute atomic E-state index is 0.213. The summed E-state index contributed by atoms with van der Waals surface area (Å²) in [6.07, 6.45) is 4.71. The molecule has 0 unspecified atom stereocenters. The van der Waals surface area contributed by atoms with Gasteiger partial charge in [-0.25, -0.2) is 0 Å². The van der Waals surface area contributed by atoms with Gasteiger partial charge in [-0.1, -0.05) is 30.3 Å². The topological polar surface area (TPSA) is 46.6 Å². The van der Waals surface area contributed by atoms with Crippen LogP contribution in [0.2, 0.25) is 0 Å². The zero-order valence-electron chi connectivity index (χ0n) is 15.4. The number of rotatable bonds is 4. The highest BCUT2D eigenvalue weighted by atomic mass is 35.5. The lowest BCUT2D eigenvalue weighted by atomic mass is 9.49. The van der Waals surface area contributed by atoms with Crippen molar-refractivity contribution in [1.82, 2.24) is 4.90 Å². The first-order valence-electron chi connectivity index (χ1n) is 9.46. The Bertz CT molecular complexity index is 703. The molecule has 1 amide bonds. The predicted octanol–water partition coefficient (Wildman–Crippen LogP) is 3.94. The average Bonchev–Trinajstić information content (AvgIpc) is 2.57. The number of benzene rings is 1. The Morgan fingerprint density at radius 1 is 1.12 bits per heavy atom. The number of hydrogen-bond donors (Lipinski definition) is 0. The Kier molecular flexibility index (Phi) is 4.30. The normalized spacial score (nSPS) is 35.8. The second-order valence-electron chi connectivity index (χ2n) is 8.82. The Hall–Kier alpha value is -1.55. The first-order valence-corrected chi connectivity index (χ1v) is 9.84. The van der Waals surface area contributed by atoms with Crippen molar-refractivity contribution in [3.05, 3.63) is 35.9 Å². The van der Waals surface area contributed by atoms with Crippen LogP contribution in [0.3, 0.4) is 0 Å². The summed E-state index contributed by atoms with van der Waals surface area (Å²) >= 11 is 6.85. The minimum atomic E-state index is -0.891. The maximum absolute atomic E-state index is 13.3. The smallest absolute Gasteiger partial charge is 0.313 e. The SMILES string of the molecule is CN(C)C(=O)[C@H](OC(=O)C12C[C@H]3C[C@@H](CC(Cl)(C3)C1)C2)c1ccccc1. The van der Waals surface area contributed by atoms with Crippen molar-refractivity contribution in [2.45, 2.75) is 49.5 Å². The number of carbonyl (C=O) groups is 2. The van der Waals surface area contributed by atoms with Crippen LogP contribution in [-0.2, 0) is 14.3 Å². The van der Waals surface area contributed by atoms with Crippen LogP contribution >= 0.6 is 11.6 Å². The maximum Gasteiger partial charge on any atom is 0.313 e. The number of esters is 1. The Morgan fingerprint density at radius 3 is 2.27 bits per heavy atom. The van der Waals surface area contributed by atoms with Crippen LogP contribution in [0.1, 0.15) is 50.2 Å². The van der Waals surface area contributed by atoms with Gasteiger partial charge in [-0.15, -0.1) is 11.6 Å². The molecule has 5 heteroatoms. The van der Waals surface area contributed by atoms with E-state index in [4.69, 9.17) is 16.3 Å². The fourth-order valence-electron chi connectivity index (χ4n) is 5.74. The number of alkyl halides is 1. The molecular formula is C21H26ClNO3. The molecule has 0 aromatic heterocycles. The standard InChI is InChI=1S/C21H26ClNO3/c1-23(2)18(24)17(16-6-4-3-5-7-16)26-19(25)20-9-14-8-15(10-20)12-21(22,11-14)13-20/h3-7,14-15,17H,8-13H2,1-2H3/t14-,15-,17-,20?,21?/m1/s1. The molecule has 4 bridgehead atoms. The van der Waals surface area contributed by atoms with Crippen molar-refractivity contribution >= 4 is 23.5 Å². The quantitative estimate of drug-likeness (QED) is 0.591. The second-order valence-corrected chi connectivity index (χ2v) is 9.62. The zero-order chi connectivity index (χ0) is 18.5. The summed E-state index contributed by atoms with van der Waals surface area (Å²) in [5, 5.41) is 0. The van der Waals surface area contributed by atoms with Crippen LogP contribution in [0.25, 0.3) is 0 Å². The lowest BCUT2D eigenvalue weighted by Crippen LogP contribution is -2.56. The van der Waals surface area contributed by atoms with Crippen molar-refractivity contribution in [1.29, 1.82) is 0 Å². The molecule has 0 aliphatic heterocycles. The molecule has 4 saturated carbocycles.